The van der Waals surface area contributed by atoms with Crippen LogP contribution in [-0.4, -0.2) is 49.4 Å². The fraction of sp³-hybridized carbons (Fsp3) is 0.300. The van der Waals surface area contributed by atoms with E-state index in [4.69, 9.17) is 0 Å². The van der Waals surface area contributed by atoms with Crippen LogP contribution in [0, 0.1) is 5.82 Å². The molecule has 9 heteroatoms. The molecule has 0 unspecified atom stereocenters. The first-order valence-electron chi connectivity index (χ1n) is 8.97. The Morgan fingerprint density at radius 1 is 1.14 bits per heavy atom. The van der Waals surface area contributed by atoms with Crippen LogP contribution in [0.2, 0.25) is 0 Å². The Hall–Kier alpha value is -2.78. The number of carbonyl (C=O) groups excluding carboxylic acids is 2. The molecule has 154 valence electrons. The number of carbonyl (C=O) groups is 2. The summed E-state index contributed by atoms with van der Waals surface area (Å²) < 4.78 is 38.5. The summed E-state index contributed by atoms with van der Waals surface area (Å²) in [6.45, 7) is 1.12. The summed E-state index contributed by atoms with van der Waals surface area (Å²) in [5.74, 6) is -1.55. The van der Waals surface area contributed by atoms with Crippen LogP contribution in [0.25, 0.3) is 0 Å². The molecule has 1 saturated heterocycles. The molecule has 2 aromatic rings. The molecule has 2 amide bonds. The van der Waals surface area contributed by atoms with Crippen LogP contribution in [0.5, 0.6) is 0 Å². The summed E-state index contributed by atoms with van der Waals surface area (Å²) in [5.41, 5.74) is -0.327. The third kappa shape index (κ3) is 4.46. The Balaban J connectivity index is 1.95. The molecule has 0 spiro atoms. The van der Waals surface area contributed by atoms with E-state index in [9.17, 15) is 22.4 Å². The highest BCUT2D eigenvalue weighted by Gasteiger charge is 2.50. The number of rotatable bonds is 5. The van der Waals surface area contributed by atoms with Crippen molar-refractivity contribution in [2.75, 3.05) is 24.2 Å². The molecule has 1 heterocycles. The largest absolute Gasteiger partial charge is 0.350 e. The zero-order chi connectivity index (χ0) is 21.2. The van der Waals surface area contributed by atoms with Crippen molar-refractivity contribution in [1.82, 2.24) is 9.62 Å². The van der Waals surface area contributed by atoms with E-state index >= 15 is 0 Å². The SMILES string of the molecule is C[C@]1(C(=O)NCc2ccccc2)CN(S(C)(=O)=O)CC(=O)N1c1ccc(F)cc1. The summed E-state index contributed by atoms with van der Waals surface area (Å²) in [6, 6.07) is 14.4. The molecule has 1 aliphatic heterocycles. The second-order valence-electron chi connectivity index (χ2n) is 7.18. The minimum absolute atomic E-state index is 0.213. The highest BCUT2D eigenvalue weighted by atomic mass is 32.2. The Bertz CT molecular complexity index is 1010. The minimum Gasteiger partial charge on any atom is -0.350 e. The summed E-state index contributed by atoms with van der Waals surface area (Å²) >= 11 is 0. The predicted octanol–water partition coefficient (Wildman–Crippen LogP) is 1.51. The van der Waals surface area contributed by atoms with Gasteiger partial charge >= 0.3 is 0 Å². The van der Waals surface area contributed by atoms with E-state index in [0.29, 0.717) is 5.69 Å². The van der Waals surface area contributed by atoms with E-state index < -0.39 is 39.7 Å². The zero-order valence-electron chi connectivity index (χ0n) is 16.1. The zero-order valence-corrected chi connectivity index (χ0v) is 16.9. The number of amides is 2. The van der Waals surface area contributed by atoms with Gasteiger partial charge in [-0.25, -0.2) is 12.8 Å². The van der Waals surface area contributed by atoms with Crippen molar-refractivity contribution in [2.45, 2.75) is 19.0 Å². The summed E-state index contributed by atoms with van der Waals surface area (Å²) in [7, 11) is -3.70. The second-order valence-corrected chi connectivity index (χ2v) is 9.16. The van der Waals surface area contributed by atoms with Gasteiger partial charge in [0.25, 0.3) is 0 Å². The first-order valence-corrected chi connectivity index (χ1v) is 10.8. The molecule has 2 aromatic carbocycles. The number of piperazine rings is 1. The maximum atomic E-state index is 13.4. The van der Waals surface area contributed by atoms with E-state index in [1.165, 1.54) is 36.1 Å². The van der Waals surface area contributed by atoms with Crippen LogP contribution >= 0.6 is 0 Å². The minimum atomic E-state index is -3.70. The topological polar surface area (TPSA) is 86.8 Å². The molecular weight excluding hydrogens is 397 g/mol. The summed E-state index contributed by atoms with van der Waals surface area (Å²) in [5, 5.41) is 2.78. The van der Waals surface area contributed by atoms with E-state index in [2.05, 4.69) is 5.32 Å². The van der Waals surface area contributed by atoms with Gasteiger partial charge in [-0.3, -0.25) is 14.5 Å². The third-order valence-corrected chi connectivity index (χ3v) is 6.07. The van der Waals surface area contributed by atoms with Crippen molar-refractivity contribution >= 4 is 27.5 Å². The Morgan fingerprint density at radius 2 is 1.76 bits per heavy atom. The van der Waals surface area contributed by atoms with Gasteiger partial charge in [-0.2, -0.15) is 4.31 Å². The van der Waals surface area contributed by atoms with Crippen LogP contribution < -0.4 is 10.2 Å². The van der Waals surface area contributed by atoms with Gasteiger partial charge in [-0.15, -0.1) is 0 Å². The van der Waals surface area contributed by atoms with Crippen molar-refractivity contribution in [1.29, 1.82) is 0 Å². The Morgan fingerprint density at radius 3 is 2.34 bits per heavy atom. The number of nitrogens with zero attached hydrogens (tertiary/aromatic N) is 2. The first-order chi connectivity index (χ1) is 13.6. The monoisotopic (exact) mass is 419 g/mol. The van der Waals surface area contributed by atoms with Crippen molar-refractivity contribution < 1.29 is 22.4 Å². The highest BCUT2D eigenvalue weighted by Crippen LogP contribution is 2.30. The molecule has 0 radical (unpaired) electrons. The lowest BCUT2D eigenvalue weighted by molar-refractivity contribution is -0.133. The van der Waals surface area contributed by atoms with Crippen LogP contribution in [-0.2, 0) is 26.2 Å². The predicted molar refractivity (Wildman–Crippen MR) is 107 cm³/mol. The molecule has 0 saturated carbocycles. The lowest BCUT2D eigenvalue weighted by Crippen LogP contribution is -2.70. The molecule has 0 bridgehead atoms. The average Bonchev–Trinajstić information content (AvgIpc) is 2.67. The van der Waals surface area contributed by atoms with Gasteiger partial charge in [-0.05, 0) is 36.8 Å². The summed E-state index contributed by atoms with van der Waals surface area (Å²) in [6.07, 6.45) is 0.996. The number of halogens is 1. The lowest BCUT2D eigenvalue weighted by Gasteiger charge is -2.46. The van der Waals surface area contributed by atoms with Gasteiger partial charge in [-0.1, -0.05) is 30.3 Å². The van der Waals surface area contributed by atoms with Crippen molar-refractivity contribution in [2.24, 2.45) is 0 Å². The van der Waals surface area contributed by atoms with Crippen LogP contribution in [0.3, 0.4) is 0 Å². The second kappa shape index (κ2) is 7.92. The number of benzene rings is 2. The van der Waals surface area contributed by atoms with Crippen LogP contribution in [0.1, 0.15) is 12.5 Å². The molecule has 1 aliphatic rings. The molecule has 3 rings (SSSR count). The van der Waals surface area contributed by atoms with E-state index in [1.54, 1.807) is 0 Å². The fourth-order valence-electron chi connectivity index (χ4n) is 3.36. The molecule has 1 fully saturated rings. The quantitative estimate of drug-likeness (QED) is 0.796. The van der Waals surface area contributed by atoms with E-state index in [0.717, 1.165) is 16.1 Å². The first kappa shape index (κ1) is 20.9. The van der Waals surface area contributed by atoms with E-state index in [1.807, 2.05) is 30.3 Å². The van der Waals surface area contributed by atoms with Gasteiger partial charge in [0.15, 0.2) is 0 Å². The van der Waals surface area contributed by atoms with Gasteiger partial charge in [0.2, 0.25) is 21.8 Å². The molecule has 1 N–H and O–H groups in total. The third-order valence-electron chi connectivity index (χ3n) is 4.88. The molecule has 7 nitrogen and oxygen atoms in total. The molecule has 0 aromatic heterocycles. The van der Waals surface area contributed by atoms with Crippen molar-refractivity contribution in [3.63, 3.8) is 0 Å². The number of nitrogens with one attached hydrogen (secondary N) is 1. The Labute approximate surface area is 169 Å². The normalized spacial score (nSPS) is 20.5. The smallest absolute Gasteiger partial charge is 0.247 e. The lowest BCUT2D eigenvalue weighted by atomic mass is 9.94. The number of anilines is 1. The molecular formula is C20H22FN3O4S. The Kier molecular flexibility index (Phi) is 5.72. The number of hydrogen-bond donors (Lipinski definition) is 1. The van der Waals surface area contributed by atoms with Gasteiger partial charge in [0.1, 0.15) is 11.4 Å². The van der Waals surface area contributed by atoms with Crippen LogP contribution in [0.15, 0.2) is 54.6 Å². The summed E-state index contributed by atoms with van der Waals surface area (Å²) in [4.78, 5) is 27.3. The van der Waals surface area contributed by atoms with E-state index in [-0.39, 0.29) is 13.1 Å². The average molecular weight is 419 g/mol. The number of sulfonamides is 1. The standard InChI is InChI=1S/C20H22FN3O4S/c1-20(19(26)22-12-15-6-4-3-5-7-15)14-23(29(2,27)28)13-18(25)24(20)17-10-8-16(21)9-11-17/h3-11H,12-14H2,1-2H3,(H,22,26)/t20-/m1/s1. The molecule has 0 aliphatic carbocycles. The highest BCUT2D eigenvalue weighted by molar-refractivity contribution is 7.88. The molecule has 1 atom stereocenters. The fourth-order valence-corrected chi connectivity index (χ4v) is 4.19. The number of hydrogen-bond acceptors (Lipinski definition) is 4. The van der Waals surface area contributed by atoms with Gasteiger partial charge in [0, 0.05) is 18.8 Å². The van der Waals surface area contributed by atoms with Crippen molar-refractivity contribution in [3.05, 3.63) is 66.0 Å². The van der Waals surface area contributed by atoms with Gasteiger partial charge < -0.3 is 5.32 Å². The van der Waals surface area contributed by atoms with Crippen LogP contribution in [0.4, 0.5) is 10.1 Å². The van der Waals surface area contributed by atoms with Crippen molar-refractivity contribution in [3.8, 4) is 0 Å². The maximum absolute atomic E-state index is 13.4. The maximum Gasteiger partial charge on any atom is 0.247 e. The van der Waals surface area contributed by atoms with Gasteiger partial charge in [0.05, 0.1) is 12.8 Å². The molecule has 29 heavy (non-hydrogen) atoms.